The molecule has 0 aliphatic carbocycles. The summed E-state index contributed by atoms with van der Waals surface area (Å²) in [6.45, 7) is 2.64. The number of ether oxygens (including phenoxy) is 3. The average molecular weight is 674 g/mol. The van der Waals surface area contributed by atoms with Crippen LogP contribution in [-0.2, 0) is 19.6 Å². The van der Waals surface area contributed by atoms with Crippen LogP contribution in [0.2, 0.25) is 0 Å². The van der Waals surface area contributed by atoms with E-state index < -0.39 is 0 Å². The molecule has 0 saturated carbocycles. The number of rotatable bonds is 8. The number of thiazole rings is 1. The van der Waals surface area contributed by atoms with Gasteiger partial charge in [-0.05, 0) is 72.5 Å². The molecule has 0 fully saturated rings. The summed E-state index contributed by atoms with van der Waals surface area (Å²) in [6.07, 6.45) is 1.89. The number of fused-ring (bicyclic) bond motifs is 1. The van der Waals surface area contributed by atoms with Gasteiger partial charge in [0.25, 0.3) is 0 Å². The number of aryl methyl sites for hydroxylation is 1. The van der Waals surface area contributed by atoms with Crippen LogP contribution in [0.4, 0.5) is 9.52 Å². The molecular weight excluding hydrogens is 643 g/mol. The highest BCUT2D eigenvalue weighted by atomic mass is 79.9. The minimum absolute atomic E-state index is 0.307. The number of benzene rings is 4. The van der Waals surface area contributed by atoms with Crippen molar-refractivity contribution in [3.63, 3.8) is 0 Å². The van der Waals surface area contributed by atoms with Gasteiger partial charge in [-0.25, -0.2) is 14.4 Å². The van der Waals surface area contributed by atoms with Gasteiger partial charge in [0.1, 0.15) is 34.4 Å². The van der Waals surface area contributed by atoms with Crippen LogP contribution in [0.5, 0.6) is 17.2 Å². The Kier molecular flexibility index (Phi) is 7.86. The summed E-state index contributed by atoms with van der Waals surface area (Å²) in [5.41, 5.74) is 5.25. The van der Waals surface area contributed by atoms with E-state index in [0.717, 1.165) is 68.4 Å². The molecule has 10 heteroatoms. The zero-order valence-electron chi connectivity index (χ0n) is 24.3. The minimum atomic E-state index is -0.307. The SMILES string of the molecule is COc1ccc(CN(Cc2ccc(OC)cc2)c2nc3cc(-c4nc5cc(Br)cc6c5n4CCCCO6)cc(F)c3s2)cc1. The van der Waals surface area contributed by atoms with Crippen LogP contribution in [0, 0.1) is 5.82 Å². The zero-order valence-corrected chi connectivity index (χ0v) is 26.8. The van der Waals surface area contributed by atoms with Crippen LogP contribution in [0.15, 0.2) is 77.3 Å². The van der Waals surface area contributed by atoms with Crippen molar-refractivity contribution in [3.05, 3.63) is 94.2 Å². The van der Waals surface area contributed by atoms with Gasteiger partial charge in [-0.3, -0.25) is 0 Å². The van der Waals surface area contributed by atoms with Crippen molar-refractivity contribution < 1.29 is 18.6 Å². The van der Waals surface area contributed by atoms with Gasteiger partial charge in [-0.15, -0.1) is 0 Å². The molecule has 0 saturated heterocycles. The summed E-state index contributed by atoms with van der Waals surface area (Å²) >= 11 is 4.95. The Bertz CT molecular complexity index is 1910. The van der Waals surface area contributed by atoms with E-state index >= 15 is 4.39 Å². The largest absolute Gasteiger partial charge is 0.497 e. The van der Waals surface area contributed by atoms with Crippen LogP contribution >= 0.6 is 27.3 Å². The number of methoxy groups -OCH3 is 2. The van der Waals surface area contributed by atoms with E-state index in [-0.39, 0.29) is 5.82 Å². The first kappa shape index (κ1) is 28.6. The molecule has 1 aliphatic heterocycles. The molecule has 3 heterocycles. The fraction of sp³-hybridized carbons (Fsp3) is 0.235. The molecule has 0 atom stereocenters. The number of imidazole rings is 1. The summed E-state index contributed by atoms with van der Waals surface area (Å²) in [5, 5.41) is 0.741. The van der Waals surface area contributed by atoms with Crippen molar-refractivity contribution in [2.45, 2.75) is 32.5 Å². The monoisotopic (exact) mass is 672 g/mol. The topological polar surface area (TPSA) is 61.6 Å². The van der Waals surface area contributed by atoms with E-state index in [9.17, 15) is 0 Å². The van der Waals surface area contributed by atoms with Gasteiger partial charge >= 0.3 is 0 Å². The lowest BCUT2D eigenvalue weighted by Crippen LogP contribution is -2.21. The van der Waals surface area contributed by atoms with E-state index in [0.29, 0.717) is 41.3 Å². The number of aromatic nitrogens is 3. The van der Waals surface area contributed by atoms with Gasteiger partial charge in [-0.2, -0.15) is 0 Å². The second-order valence-electron chi connectivity index (χ2n) is 10.8. The third kappa shape index (κ3) is 5.59. The molecule has 1 aliphatic rings. The predicted octanol–water partition coefficient (Wildman–Crippen LogP) is 8.61. The lowest BCUT2D eigenvalue weighted by molar-refractivity contribution is 0.299. The highest BCUT2D eigenvalue weighted by Gasteiger charge is 2.22. The van der Waals surface area contributed by atoms with E-state index in [1.807, 2.05) is 66.7 Å². The number of anilines is 1. The fourth-order valence-electron chi connectivity index (χ4n) is 5.64. The van der Waals surface area contributed by atoms with E-state index in [1.165, 1.54) is 11.3 Å². The first-order valence-corrected chi connectivity index (χ1v) is 16.0. The number of hydrogen-bond acceptors (Lipinski definition) is 7. The third-order valence-corrected chi connectivity index (χ3v) is 9.43. The molecule has 4 aromatic carbocycles. The molecule has 0 unspecified atom stereocenters. The van der Waals surface area contributed by atoms with Gasteiger partial charge in [0.2, 0.25) is 0 Å². The second kappa shape index (κ2) is 12.1. The lowest BCUT2D eigenvalue weighted by atomic mass is 10.1. The molecule has 6 aromatic rings. The molecule has 0 amide bonds. The van der Waals surface area contributed by atoms with Gasteiger partial charge in [0, 0.05) is 29.7 Å². The highest BCUT2D eigenvalue weighted by Crippen LogP contribution is 2.39. The van der Waals surface area contributed by atoms with E-state index in [2.05, 4.69) is 25.4 Å². The van der Waals surface area contributed by atoms with Crippen LogP contribution in [0.1, 0.15) is 24.0 Å². The summed E-state index contributed by atoms with van der Waals surface area (Å²) in [6, 6.07) is 23.5. The van der Waals surface area contributed by atoms with Gasteiger partial charge in [0.05, 0.1) is 36.6 Å². The number of halogens is 2. The third-order valence-electron chi connectivity index (χ3n) is 7.83. The molecule has 0 spiro atoms. The summed E-state index contributed by atoms with van der Waals surface area (Å²) in [4.78, 5) is 12.1. The van der Waals surface area contributed by atoms with Gasteiger partial charge in [-0.1, -0.05) is 51.5 Å². The molecule has 224 valence electrons. The van der Waals surface area contributed by atoms with Crippen molar-refractivity contribution in [2.24, 2.45) is 0 Å². The maximum Gasteiger partial charge on any atom is 0.187 e. The Balaban J connectivity index is 1.29. The van der Waals surface area contributed by atoms with Crippen molar-refractivity contribution >= 4 is 53.6 Å². The first-order valence-electron chi connectivity index (χ1n) is 14.4. The molecule has 2 aromatic heterocycles. The molecule has 7 rings (SSSR count). The van der Waals surface area contributed by atoms with Crippen LogP contribution in [0.3, 0.4) is 0 Å². The first-order chi connectivity index (χ1) is 21.5. The molecule has 44 heavy (non-hydrogen) atoms. The van der Waals surface area contributed by atoms with E-state index in [4.69, 9.17) is 24.2 Å². The van der Waals surface area contributed by atoms with Crippen molar-refractivity contribution in [2.75, 3.05) is 25.7 Å². The normalized spacial score (nSPS) is 13.0. The maximum absolute atomic E-state index is 15.9. The standard InChI is InChI=1S/C34H30BrFN4O3S/c1-41-25-9-5-21(6-10-25)19-39(20-22-7-11-26(42-2)12-8-22)34-38-29-16-23(15-27(36)32(29)44-34)33-37-28-17-24(35)18-30-31(28)40(33)13-3-4-14-43-30/h5-12,15-18H,3-4,13-14,19-20H2,1-2H3. The van der Waals surface area contributed by atoms with E-state index in [1.54, 1.807) is 20.3 Å². The van der Waals surface area contributed by atoms with Crippen molar-refractivity contribution in [3.8, 4) is 28.6 Å². The predicted molar refractivity (Wildman–Crippen MR) is 177 cm³/mol. The van der Waals surface area contributed by atoms with Gasteiger partial charge < -0.3 is 23.7 Å². The Morgan fingerprint density at radius 1 is 0.886 bits per heavy atom. The Morgan fingerprint density at radius 2 is 1.57 bits per heavy atom. The lowest BCUT2D eigenvalue weighted by Gasteiger charge is -2.22. The smallest absolute Gasteiger partial charge is 0.187 e. The van der Waals surface area contributed by atoms with Crippen LogP contribution in [0.25, 0.3) is 32.6 Å². The molecule has 7 nitrogen and oxygen atoms in total. The van der Waals surface area contributed by atoms with Crippen LogP contribution in [-0.4, -0.2) is 35.4 Å². The number of hydrogen-bond donors (Lipinski definition) is 0. The molecular formula is C34H30BrFN4O3S. The van der Waals surface area contributed by atoms with Crippen molar-refractivity contribution in [1.29, 1.82) is 0 Å². The minimum Gasteiger partial charge on any atom is -0.497 e. The summed E-state index contributed by atoms with van der Waals surface area (Å²) in [5.74, 6) is 2.80. The van der Waals surface area contributed by atoms with Crippen LogP contribution < -0.4 is 19.1 Å². The molecule has 0 radical (unpaired) electrons. The Labute approximate surface area is 267 Å². The number of nitrogens with zero attached hydrogens (tertiary/aromatic N) is 4. The second-order valence-corrected chi connectivity index (χ2v) is 12.7. The summed E-state index contributed by atoms with van der Waals surface area (Å²) < 4.78 is 36.2. The highest BCUT2D eigenvalue weighted by molar-refractivity contribution is 9.10. The maximum atomic E-state index is 15.9. The fourth-order valence-corrected chi connectivity index (χ4v) is 7.01. The quantitative estimate of drug-likeness (QED) is 0.161. The summed E-state index contributed by atoms with van der Waals surface area (Å²) in [7, 11) is 3.31. The van der Waals surface area contributed by atoms with Crippen molar-refractivity contribution in [1.82, 2.24) is 14.5 Å². The average Bonchev–Trinajstić information content (AvgIpc) is 3.62. The van der Waals surface area contributed by atoms with Gasteiger partial charge in [0.15, 0.2) is 5.13 Å². The Hall–Kier alpha value is -4.15. The Morgan fingerprint density at radius 3 is 2.23 bits per heavy atom. The molecule has 0 bridgehead atoms. The molecule has 0 N–H and O–H groups in total. The zero-order chi connectivity index (χ0) is 30.2.